The van der Waals surface area contributed by atoms with Crippen LogP contribution in [0.1, 0.15) is 20.7 Å². The molecule has 0 saturated carbocycles. The summed E-state index contributed by atoms with van der Waals surface area (Å²) in [6.45, 7) is 0. The Hall–Kier alpha value is -5.38. The normalized spacial score (nSPS) is 11.0. The predicted octanol–water partition coefficient (Wildman–Crippen LogP) is 4.65. The molecule has 0 saturated heterocycles. The van der Waals surface area contributed by atoms with Gasteiger partial charge in [-0.1, -0.05) is 0 Å². The predicted molar refractivity (Wildman–Crippen MR) is 136 cm³/mol. The zero-order valence-electron chi connectivity index (χ0n) is 19.9. The lowest BCUT2D eigenvalue weighted by Crippen LogP contribution is -2.05. The van der Waals surface area contributed by atoms with Crippen LogP contribution >= 0.6 is 0 Å². The molecule has 0 radical (unpaired) electrons. The van der Waals surface area contributed by atoms with Crippen molar-refractivity contribution in [2.75, 3.05) is 14.2 Å². The molecule has 190 valence electrons. The fourth-order valence-electron chi connectivity index (χ4n) is 4.20. The van der Waals surface area contributed by atoms with Crippen LogP contribution in [0.25, 0.3) is 44.6 Å². The number of benzene rings is 3. The number of fused-ring (bicyclic) bond motifs is 2. The molecule has 0 spiro atoms. The van der Waals surface area contributed by atoms with Gasteiger partial charge in [-0.05, 0) is 48.5 Å². The molecule has 3 aromatic carbocycles. The van der Waals surface area contributed by atoms with Crippen molar-refractivity contribution >= 4 is 33.9 Å². The molecule has 0 unspecified atom stereocenters. The quantitative estimate of drug-likeness (QED) is 0.327. The van der Waals surface area contributed by atoms with Gasteiger partial charge in [0.2, 0.25) is 0 Å². The van der Waals surface area contributed by atoms with Gasteiger partial charge in [0.15, 0.2) is 22.4 Å². The first-order chi connectivity index (χ1) is 18.2. The maximum atomic E-state index is 12.8. The van der Waals surface area contributed by atoms with Crippen LogP contribution in [-0.2, 0) is 0 Å². The third kappa shape index (κ3) is 4.03. The fraction of sp³-hybridized carbons (Fsp3) is 0.0714. The third-order valence-electron chi connectivity index (χ3n) is 6.00. The van der Waals surface area contributed by atoms with Crippen molar-refractivity contribution < 1.29 is 38.1 Å². The van der Waals surface area contributed by atoms with Gasteiger partial charge >= 0.3 is 11.9 Å². The van der Waals surface area contributed by atoms with Gasteiger partial charge in [0, 0.05) is 12.1 Å². The molecule has 2 N–H and O–H groups in total. The molecular weight excluding hydrogens is 496 g/mol. The van der Waals surface area contributed by atoms with Crippen LogP contribution in [0, 0.1) is 0 Å². The first-order valence-corrected chi connectivity index (χ1v) is 11.1. The highest BCUT2D eigenvalue weighted by Gasteiger charge is 2.22. The number of ether oxygens (including phenoxy) is 2. The molecule has 0 fully saturated rings. The number of hydrogen-bond acceptors (Lipinski definition) is 8. The Balaban J connectivity index is 1.68. The summed E-state index contributed by atoms with van der Waals surface area (Å²) in [5.41, 5.74) is 0.112. The molecule has 2 heterocycles. The number of carbonyl (C=O) groups is 2. The molecule has 10 heteroatoms. The van der Waals surface area contributed by atoms with Crippen molar-refractivity contribution in [2.24, 2.45) is 0 Å². The summed E-state index contributed by atoms with van der Waals surface area (Å²) in [6.07, 6.45) is 0. The molecule has 0 aliphatic carbocycles. The van der Waals surface area contributed by atoms with Crippen molar-refractivity contribution in [2.45, 2.75) is 0 Å². The lowest BCUT2D eigenvalue weighted by atomic mass is 10.0. The Morgan fingerprint density at radius 3 is 1.37 bits per heavy atom. The highest BCUT2D eigenvalue weighted by Crippen LogP contribution is 2.45. The number of carboxylic acid groups (broad SMARTS) is 2. The van der Waals surface area contributed by atoms with Crippen LogP contribution < -0.4 is 20.3 Å². The summed E-state index contributed by atoms with van der Waals surface area (Å²) in [6, 6.07) is 13.6. The van der Waals surface area contributed by atoms with Gasteiger partial charge in [-0.15, -0.1) is 0 Å². The summed E-state index contributed by atoms with van der Waals surface area (Å²) < 4.78 is 23.0. The second-order valence-electron chi connectivity index (χ2n) is 8.21. The summed E-state index contributed by atoms with van der Waals surface area (Å²) in [7, 11) is 2.79. The van der Waals surface area contributed by atoms with Crippen LogP contribution in [0.2, 0.25) is 0 Å². The molecule has 38 heavy (non-hydrogen) atoms. The third-order valence-corrected chi connectivity index (χ3v) is 6.00. The van der Waals surface area contributed by atoms with E-state index in [0.717, 1.165) is 0 Å². The van der Waals surface area contributed by atoms with Gasteiger partial charge in [0.25, 0.3) is 0 Å². The van der Waals surface area contributed by atoms with Crippen LogP contribution in [0.3, 0.4) is 0 Å². The molecule has 0 bridgehead atoms. The topological polar surface area (TPSA) is 153 Å². The van der Waals surface area contributed by atoms with Crippen molar-refractivity contribution in [3.63, 3.8) is 0 Å². The number of rotatable bonds is 6. The smallest absolute Gasteiger partial charge is 0.335 e. The van der Waals surface area contributed by atoms with Crippen molar-refractivity contribution in [3.05, 3.63) is 92.2 Å². The summed E-state index contributed by atoms with van der Waals surface area (Å²) in [5.74, 6) is -1.65. The first-order valence-electron chi connectivity index (χ1n) is 11.1. The van der Waals surface area contributed by atoms with Gasteiger partial charge in [0.1, 0.15) is 22.7 Å². The number of carboxylic acids is 2. The molecule has 0 atom stereocenters. The second-order valence-corrected chi connectivity index (χ2v) is 8.21. The van der Waals surface area contributed by atoms with Crippen molar-refractivity contribution in [3.8, 4) is 34.1 Å². The largest absolute Gasteiger partial charge is 0.492 e. The van der Waals surface area contributed by atoms with E-state index in [2.05, 4.69) is 0 Å². The van der Waals surface area contributed by atoms with Gasteiger partial charge < -0.3 is 28.5 Å². The SMILES string of the molecule is COc1c(-c2cc(=O)c3cc(C(=O)O)ccc3o2)ccc(-c2cc(=O)c3cc(C(=O)O)ccc3o2)c1OC. The number of hydrogen-bond donors (Lipinski definition) is 2. The maximum Gasteiger partial charge on any atom is 0.335 e. The van der Waals surface area contributed by atoms with Gasteiger partial charge in [-0.25, -0.2) is 9.59 Å². The Labute approximate surface area is 212 Å². The molecular formula is C28H18O10. The zero-order valence-corrected chi connectivity index (χ0v) is 19.9. The second kappa shape index (κ2) is 9.25. The first kappa shape index (κ1) is 24.3. The number of methoxy groups -OCH3 is 2. The Morgan fingerprint density at radius 2 is 1.03 bits per heavy atom. The van der Waals surface area contributed by atoms with Crippen molar-refractivity contribution in [1.29, 1.82) is 0 Å². The van der Waals surface area contributed by atoms with E-state index in [9.17, 15) is 29.4 Å². The van der Waals surface area contributed by atoms with Gasteiger partial charge in [-0.3, -0.25) is 9.59 Å². The van der Waals surface area contributed by atoms with Gasteiger partial charge in [0.05, 0.1) is 47.2 Å². The maximum absolute atomic E-state index is 12.8. The zero-order chi connectivity index (χ0) is 27.1. The summed E-state index contributed by atoms with van der Waals surface area (Å²) in [5, 5.41) is 18.6. The van der Waals surface area contributed by atoms with Crippen LogP contribution in [-0.4, -0.2) is 36.4 Å². The summed E-state index contributed by atoms with van der Waals surface area (Å²) in [4.78, 5) is 48.2. The Bertz CT molecular complexity index is 1760. The molecule has 2 aromatic heterocycles. The molecule has 0 aliphatic heterocycles. The molecule has 5 rings (SSSR count). The molecule has 5 aromatic rings. The lowest BCUT2D eigenvalue weighted by Gasteiger charge is -2.16. The van der Waals surface area contributed by atoms with Crippen LogP contribution in [0.4, 0.5) is 0 Å². The monoisotopic (exact) mass is 514 g/mol. The van der Waals surface area contributed by atoms with Crippen molar-refractivity contribution in [1.82, 2.24) is 0 Å². The highest BCUT2D eigenvalue weighted by atomic mass is 16.5. The van der Waals surface area contributed by atoms with E-state index in [1.54, 1.807) is 12.1 Å². The molecule has 10 nitrogen and oxygen atoms in total. The number of aromatic carboxylic acids is 2. The summed E-state index contributed by atoms with van der Waals surface area (Å²) >= 11 is 0. The van der Waals surface area contributed by atoms with E-state index in [1.165, 1.54) is 62.8 Å². The highest BCUT2D eigenvalue weighted by molar-refractivity contribution is 5.94. The average molecular weight is 514 g/mol. The Kier molecular flexibility index (Phi) is 5.92. The Morgan fingerprint density at radius 1 is 0.632 bits per heavy atom. The minimum Gasteiger partial charge on any atom is -0.492 e. The van der Waals surface area contributed by atoms with E-state index in [0.29, 0.717) is 11.1 Å². The molecule has 0 amide bonds. The lowest BCUT2D eigenvalue weighted by molar-refractivity contribution is 0.0686. The van der Waals surface area contributed by atoms with Gasteiger partial charge in [-0.2, -0.15) is 0 Å². The molecule has 0 aliphatic rings. The minimum absolute atomic E-state index is 0.0442. The van der Waals surface area contributed by atoms with E-state index >= 15 is 0 Å². The van der Waals surface area contributed by atoms with E-state index in [4.69, 9.17) is 18.3 Å². The average Bonchev–Trinajstić information content (AvgIpc) is 2.91. The van der Waals surface area contributed by atoms with Crippen LogP contribution in [0.5, 0.6) is 11.5 Å². The fourth-order valence-corrected chi connectivity index (χ4v) is 4.20. The van der Waals surface area contributed by atoms with Crippen LogP contribution in [0.15, 0.2) is 79.1 Å². The standard InChI is InChI=1S/C28H18O10/c1-35-25-15(23-11-19(29)17-9-13(27(31)32)3-7-21(17)37-23)5-6-16(26(25)36-2)24-12-20(30)18-10-14(28(33)34)4-8-22(18)38-24/h3-12H,1-2H3,(H,31,32)(H,33,34). The minimum atomic E-state index is -1.17. The van der Waals surface area contributed by atoms with E-state index in [-0.39, 0.29) is 56.1 Å². The van der Waals surface area contributed by atoms with E-state index < -0.39 is 22.8 Å². The van der Waals surface area contributed by atoms with E-state index in [1.807, 2.05) is 0 Å².